The summed E-state index contributed by atoms with van der Waals surface area (Å²) in [5.41, 5.74) is -0.501. The van der Waals surface area contributed by atoms with Crippen molar-refractivity contribution in [2.24, 2.45) is 11.8 Å². The molecule has 1 aromatic carbocycles. The minimum absolute atomic E-state index is 0.0323. The maximum absolute atomic E-state index is 14.3. The minimum Gasteiger partial charge on any atom is -0.455 e. The van der Waals surface area contributed by atoms with Crippen molar-refractivity contribution in [3.05, 3.63) is 61.2 Å². The van der Waals surface area contributed by atoms with Crippen molar-refractivity contribution in [1.82, 2.24) is 15.1 Å². The van der Waals surface area contributed by atoms with Crippen molar-refractivity contribution < 1.29 is 38.5 Å². The van der Waals surface area contributed by atoms with E-state index in [-0.39, 0.29) is 43.9 Å². The number of likely N-dealkylation sites (tertiary alicyclic amines) is 1. The Morgan fingerprint density at radius 3 is 2.62 bits per heavy atom. The van der Waals surface area contributed by atoms with Crippen LogP contribution in [0.15, 0.2) is 55.6 Å². The van der Waals surface area contributed by atoms with Crippen LogP contribution < -0.4 is 5.32 Å². The van der Waals surface area contributed by atoms with Crippen LogP contribution in [0.3, 0.4) is 0 Å². The number of carbonyl (C=O) groups is 4. The van der Waals surface area contributed by atoms with Crippen molar-refractivity contribution in [2.45, 2.75) is 88.2 Å². The van der Waals surface area contributed by atoms with E-state index in [4.69, 9.17) is 14.2 Å². The Hall–Kier alpha value is -3.54. The lowest BCUT2D eigenvalue weighted by molar-refractivity contribution is -0.163. The van der Waals surface area contributed by atoms with Crippen LogP contribution in [0, 0.1) is 11.8 Å². The number of rotatable bonds is 20. The van der Waals surface area contributed by atoms with Crippen LogP contribution in [0.2, 0.25) is 0 Å². The lowest BCUT2D eigenvalue weighted by Gasteiger charge is -2.37. The van der Waals surface area contributed by atoms with Gasteiger partial charge >= 0.3 is 5.97 Å². The van der Waals surface area contributed by atoms with Crippen LogP contribution in [0.1, 0.15) is 70.0 Å². The van der Waals surface area contributed by atoms with Gasteiger partial charge in [0.05, 0.1) is 30.6 Å². The molecule has 4 rings (SSSR count). The van der Waals surface area contributed by atoms with Crippen LogP contribution >= 0.6 is 0 Å². The van der Waals surface area contributed by atoms with E-state index < -0.39 is 47.7 Å². The van der Waals surface area contributed by atoms with Gasteiger partial charge in [-0.15, -0.1) is 13.2 Å². The van der Waals surface area contributed by atoms with Gasteiger partial charge < -0.3 is 34.4 Å². The first-order valence-electron chi connectivity index (χ1n) is 16.9. The number of nitrogens with one attached hydrogen (secondary N) is 1. The van der Waals surface area contributed by atoms with Crippen molar-refractivity contribution >= 4 is 23.7 Å². The summed E-state index contributed by atoms with van der Waals surface area (Å²) in [6.07, 6.45) is 6.20. The number of amides is 3. The Bertz CT molecular complexity index is 1260. The summed E-state index contributed by atoms with van der Waals surface area (Å²) in [6.45, 7) is 10.7. The monoisotopic (exact) mass is 653 g/mol. The predicted octanol–water partition coefficient (Wildman–Crippen LogP) is 3.33. The Morgan fingerprint density at radius 1 is 1.19 bits per heavy atom. The second-order valence-corrected chi connectivity index (χ2v) is 12.7. The van der Waals surface area contributed by atoms with Crippen molar-refractivity contribution in [3.8, 4) is 0 Å². The standard InChI is InChI=1S/C36H51N3O8/c1-5-8-17-28(41)37-26(24-45-4)31(25-15-11-10-12-16-25)46-35(44)29-27-18-19-36(47-27)30(29)33(42)39(22-13-14-23-40)32(36)34(43)38(20-7-3)21-9-6-2/h5,7,10-12,15-16,26-27,29-32,40H,1,3,6,8-9,13-14,17-24H2,2,4H3,(H,37,41)/t26-,27-,29+,30+,31-,32-,36+/m1/s1. The molecule has 11 nitrogen and oxygen atoms in total. The van der Waals surface area contributed by atoms with Gasteiger partial charge in [-0.2, -0.15) is 0 Å². The Balaban J connectivity index is 1.67. The van der Waals surface area contributed by atoms with E-state index in [1.54, 1.807) is 22.0 Å². The lowest BCUT2D eigenvalue weighted by Crippen LogP contribution is -2.56. The molecule has 0 aromatic heterocycles. The Morgan fingerprint density at radius 2 is 1.96 bits per heavy atom. The first-order valence-corrected chi connectivity index (χ1v) is 16.9. The molecule has 0 saturated carbocycles. The number of methoxy groups -OCH3 is 1. The normalized spacial score (nSPS) is 25.6. The van der Waals surface area contributed by atoms with Crippen LogP contribution in [0.4, 0.5) is 0 Å². The maximum Gasteiger partial charge on any atom is 0.313 e. The number of aliphatic hydroxyl groups is 1. The zero-order valence-electron chi connectivity index (χ0n) is 27.8. The highest BCUT2D eigenvalue weighted by atomic mass is 16.6. The minimum atomic E-state index is -1.17. The number of esters is 1. The molecule has 0 aliphatic carbocycles. The number of allylic oxidation sites excluding steroid dienone is 1. The number of benzene rings is 1. The van der Waals surface area contributed by atoms with E-state index in [0.29, 0.717) is 50.8 Å². The number of hydrogen-bond acceptors (Lipinski definition) is 8. The van der Waals surface area contributed by atoms with Crippen molar-refractivity contribution in [1.29, 1.82) is 0 Å². The summed E-state index contributed by atoms with van der Waals surface area (Å²) < 4.78 is 18.3. The van der Waals surface area contributed by atoms with Crippen molar-refractivity contribution in [2.75, 3.05) is 40.0 Å². The molecular weight excluding hydrogens is 602 g/mol. The molecule has 3 aliphatic heterocycles. The van der Waals surface area contributed by atoms with E-state index in [1.165, 1.54) is 7.11 Å². The highest BCUT2D eigenvalue weighted by molar-refractivity contribution is 5.98. The van der Waals surface area contributed by atoms with E-state index in [0.717, 1.165) is 12.8 Å². The molecule has 1 aromatic rings. The number of fused-ring (bicyclic) bond motifs is 1. The van der Waals surface area contributed by atoms with Crippen LogP contribution in [0.25, 0.3) is 0 Å². The molecule has 258 valence electrons. The first kappa shape index (κ1) is 36.3. The second kappa shape index (κ2) is 17.0. The lowest BCUT2D eigenvalue weighted by atomic mass is 9.70. The molecule has 11 heteroatoms. The number of nitrogens with zero attached hydrogens (tertiary/aromatic N) is 2. The second-order valence-electron chi connectivity index (χ2n) is 12.7. The van der Waals surface area contributed by atoms with Gasteiger partial charge in [-0.1, -0.05) is 55.8 Å². The molecule has 0 unspecified atom stereocenters. The van der Waals surface area contributed by atoms with Gasteiger partial charge in [0.15, 0.2) is 0 Å². The molecule has 3 heterocycles. The Labute approximate surface area is 278 Å². The number of aliphatic hydroxyl groups excluding tert-OH is 1. The summed E-state index contributed by atoms with van der Waals surface area (Å²) in [7, 11) is 1.51. The van der Waals surface area contributed by atoms with E-state index in [9.17, 15) is 24.3 Å². The molecule has 3 saturated heterocycles. The summed E-state index contributed by atoms with van der Waals surface area (Å²) in [4.78, 5) is 59.0. The van der Waals surface area contributed by atoms with Gasteiger partial charge in [-0.05, 0) is 44.1 Å². The molecule has 1 spiro atoms. The van der Waals surface area contributed by atoms with Crippen LogP contribution in [0.5, 0.6) is 0 Å². The quantitative estimate of drug-likeness (QED) is 0.124. The third-order valence-electron chi connectivity index (χ3n) is 9.56. The highest BCUT2D eigenvalue weighted by Gasteiger charge is 2.75. The van der Waals surface area contributed by atoms with Gasteiger partial charge in [-0.3, -0.25) is 19.2 Å². The average Bonchev–Trinajstić information content (AvgIpc) is 3.72. The number of unbranched alkanes of at least 4 members (excludes halogenated alkanes) is 2. The maximum atomic E-state index is 14.3. The topological polar surface area (TPSA) is 135 Å². The molecule has 2 N–H and O–H groups in total. The van der Waals surface area contributed by atoms with Crippen molar-refractivity contribution in [3.63, 3.8) is 0 Å². The summed E-state index contributed by atoms with van der Waals surface area (Å²) in [5, 5.41) is 12.4. The first-order chi connectivity index (χ1) is 22.8. The number of hydrogen-bond donors (Lipinski definition) is 2. The Kier molecular flexibility index (Phi) is 13.2. The molecule has 7 atom stereocenters. The molecule has 3 fully saturated rings. The number of carbonyl (C=O) groups excluding carboxylic acids is 4. The molecule has 47 heavy (non-hydrogen) atoms. The molecule has 2 bridgehead atoms. The fourth-order valence-electron chi connectivity index (χ4n) is 7.43. The van der Waals surface area contributed by atoms with E-state index in [1.807, 2.05) is 30.3 Å². The smallest absolute Gasteiger partial charge is 0.313 e. The third-order valence-corrected chi connectivity index (χ3v) is 9.56. The molecule has 3 amide bonds. The summed E-state index contributed by atoms with van der Waals surface area (Å²) >= 11 is 0. The van der Waals surface area contributed by atoms with Crippen LogP contribution in [-0.2, 0) is 33.4 Å². The molecule has 3 aliphatic rings. The van der Waals surface area contributed by atoms with E-state index >= 15 is 0 Å². The fourth-order valence-corrected chi connectivity index (χ4v) is 7.43. The zero-order chi connectivity index (χ0) is 34.0. The van der Waals surface area contributed by atoms with Gasteiger partial charge in [0.25, 0.3) is 0 Å². The van der Waals surface area contributed by atoms with Gasteiger partial charge in [0, 0.05) is 39.8 Å². The van der Waals surface area contributed by atoms with E-state index in [2.05, 4.69) is 25.4 Å². The average molecular weight is 654 g/mol. The molecule has 0 radical (unpaired) electrons. The SMILES string of the molecule is C=CCCC(=O)N[C@H](COC)[C@H](OC(=O)[C@@H]1[C@H]2C(=O)N(CCCCO)[C@H](C(=O)N(CC=C)CCCC)[C@]23CC[C@H]1O3)c1ccccc1. The van der Waals surface area contributed by atoms with Gasteiger partial charge in [-0.25, -0.2) is 0 Å². The number of ether oxygens (including phenoxy) is 3. The highest BCUT2D eigenvalue weighted by Crippen LogP contribution is 2.59. The van der Waals surface area contributed by atoms with Gasteiger partial charge in [0.2, 0.25) is 17.7 Å². The largest absolute Gasteiger partial charge is 0.455 e. The predicted molar refractivity (Wildman–Crippen MR) is 176 cm³/mol. The summed E-state index contributed by atoms with van der Waals surface area (Å²) in [6, 6.07) is 7.53. The summed E-state index contributed by atoms with van der Waals surface area (Å²) in [5.74, 6) is -3.18. The zero-order valence-corrected chi connectivity index (χ0v) is 27.8. The van der Waals surface area contributed by atoms with Crippen LogP contribution in [-0.4, -0.2) is 102 Å². The molecular formula is C36H51N3O8. The third kappa shape index (κ3) is 7.79. The van der Waals surface area contributed by atoms with Gasteiger partial charge in [0.1, 0.15) is 17.7 Å². The fraction of sp³-hybridized carbons (Fsp3) is 0.611.